The number of carbonyl (C=O) groups is 1. The van der Waals surface area contributed by atoms with Crippen molar-refractivity contribution < 1.29 is 19.7 Å². The molecule has 0 saturated heterocycles. The Balaban J connectivity index is 2.28. The Labute approximate surface area is 103 Å². The first kappa shape index (κ1) is 14.5. The predicted octanol–water partition coefficient (Wildman–Crippen LogP) is 2.40. The van der Waals surface area contributed by atoms with Gasteiger partial charge in [-0.1, -0.05) is 0 Å². The Kier molecular flexibility index (Phi) is 4.95. The highest BCUT2D eigenvalue weighted by Crippen LogP contribution is 2.32. The second-order valence-corrected chi connectivity index (χ2v) is 5.98. The number of carboxylic acids is 1. The minimum absolute atomic E-state index is 0.188. The molecule has 1 rings (SSSR count). The van der Waals surface area contributed by atoms with Gasteiger partial charge in [0.1, 0.15) is 0 Å². The monoisotopic (exact) mass is 244 g/mol. The number of rotatable bonds is 4. The van der Waals surface area contributed by atoms with Gasteiger partial charge in [0.05, 0.1) is 11.5 Å². The molecule has 17 heavy (non-hydrogen) atoms. The van der Waals surface area contributed by atoms with Crippen LogP contribution >= 0.6 is 0 Å². The number of aliphatic hydroxyl groups excluding tert-OH is 1. The van der Waals surface area contributed by atoms with Crippen LogP contribution in [0.15, 0.2) is 0 Å². The molecule has 1 aliphatic carbocycles. The van der Waals surface area contributed by atoms with Crippen LogP contribution in [0.1, 0.15) is 52.9 Å². The summed E-state index contributed by atoms with van der Waals surface area (Å²) in [5.41, 5.74) is -0.336. The average Bonchev–Trinajstić information content (AvgIpc) is 2.15. The number of ether oxygens (including phenoxy) is 1. The van der Waals surface area contributed by atoms with E-state index in [0.29, 0.717) is 12.3 Å². The van der Waals surface area contributed by atoms with Gasteiger partial charge < -0.3 is 14.9 Å². The highest BCUT2D eigenvalue weighted by Gasteiger charge is 2.28. The van der Waals surface area contributed by atoms with E-state index in [-0.39, 0.29) is 11.5 Å². The van der Waals surface area contributed by atoms with E-state index >= 15 is 0 Å². The lowest BCUT2D eigenvalue weighted by Gasteiger charge is -2.30. The molecule has 100 valence electrons. The van der Waals surface area contributed by atoms with Gasteiger partial charge in [0.25, 0.3) is 0 Å². The van der Waals surface area contributed by atoms with Crippen molar-refractivity contribution in [2.24, 2.45) is 11.8 Å². The summed E-state index contributed by atoms with van der Waals surface area (Å²) in [6.45, 7) is 5.74. The molecule has 1 fully saturated rings. The molecule has 0 bridgehead atoms. The van der Waals surface area contributed by atoms with Crippen LogP contribution in [-0.4, -0.2) is 28.1 Å². The molecule has 0 radical (unpaired) electrons. The fourth-order valence-corrected chi connectivity index (χ4v) is 2.39. The number of hydrogen-bond acceptors (Lipinski definition) is 3. The van der Waals surface area contributed by atoms with E-state index in [9.17, 15) is 9.90 Å². The van der Waals surface area contributed by atoms with Crippen LogP contribution in [0.25, 0.3) is 0 Å². The predicted molar refractivity (Wildman–Crippen MR) is 64.5 cm³/mol. The molecule has 0 aromatic carbocycles. The molecule has 1 aliphatic rings. The summed E-state index contributed by atoms with van der Waals surface area (Å²) in [6, 6.07) is 0. The van der Waals surface area contributed by atoms with Gasteiger partial charge in [-0.15, -0.1) is 0 Å². The lowest BCUT2D eigenvalue weighted by Crippen LogP contribution is -2.30. The van der Waals surface area contributed by atoms with Gasteiger partial charge in [-0.05, 0) is 52.4 Å². The standard InChI is InChI=1S/C13H24O4/c1-13(2,3)17-11(14)8-9-4-6-10(7-5-9)12(15)16/h9-11,14H,4-8H2,1-3H3,(H,15,16). The van der Waals surface area contributed by atoms with Gasteiger partial charge in [-0.25, -0.2) is 0 Å². The highest BCUT2D eigenvalue weighted by atomic mass is 16.6. The third-order valence-corrected chi connectivity index (χ3v) is 3.22. The smallest absolute Gasteiger partial charge is 0.306 e. The maximum Gasteiger partial charge on any atom is 0.306 e. The lowest BCUT2D eigenvalue weighted by atomic mass is 9.80. The first-order valence-electron chi connectivity index (χ1n) is 6.36. The first-order valence-corrected chi connectivity index (χ1v) is 6.36. The van der Waals surface area contributed by atoms with Crippen molar-refractivity contribution in [2.45, 2.75) is 64.8 Å². The summed E-state index contributed by atoms with van der Waals surface area (Å²) >= 11 is 0. The molecule has 1 saturated carbocycles. The van der Waals surface area contributed by atoms with Crippen LogP contribution in [0, 0.1) is 11.8 Å². The maximum absolute atomic E-state index is 10.8. The zero-order valence-corrected chi connectivity index (χ0v) is 11.0. The average molecular weight is 244 g/mol. The third kappa shape index (κ3) is 5.50. The van der Waals surface area contributed by atoms with Crippen LogP contribution in [0.4, 0.5) is 0 Å². The molecule has 0 spiro atoms. The largest absolute Gasteiger partial charge is 0.481 e. The summed E-state index contributed by atoms with van der Waals surface area (Å²) in [5, 5.41) is 18.7. The minimum Gasteiger partial charge on any atom is -0.481 e. The van der Waals surface area contributed by atoms with Crippen molar-refractivity contribution in [3.05, 3.63) is 0 Å². The fraction of sp³-hybridized carbons (Fsp3) is 0.923. The van der Waals surface area contributed by atoms with Crippen molar-refractivity contribution in [3.8, 4) is 0 Å². The Bertz CT molecular complexity index is 249. The number of hydrogen-bond donors (Lipinski definition) is 2. The molecule has 2 N–H and O–H groups in total. The number of aliphatic hydroxyl groups is 1. The molecule has 0 heterocycles. The van der Waals surface area contributed by atoms with Crippen molar-refractivity contribution in [2.75, 3.05) is 0 Å². The van der Waals surface area contributed by atoms with Crippen LogP contribution < -0.4 is 0 Å². The normalized spacial score (nSPS) is 27.8. The summed E-state index contributed by atoms with van der Waals surface area (Å²) in [7, 11) is 0. The van der Waals surface area contributed by atoms with E-state index in [0.717, 1.165) is 25.7 Å². The van der Waals surface area contributed by atoms with Gasteiger partial charge in [0.2, 0.25) is 0 Å². The fourth-order valence-electron chi connectivity index (χ4n) is 2.39. The van der Waals surface area contributed by atoms with Crippen LogP contribution in [0.5, 0.6) is 0 Å². The maximum atomic E-state index is 10.8. The van der Waals surface area contributed by atoms with Crippen LogP contribution in [-0.2, 0) is 9.53 Å². The number of aliphatic carboxylic acids is 1. The Hall–Kier alpha value is -0.610. The zero-order chi connectivity index (χ0) is 13.1. The Morgan fingerprint density at radius 1 is 1.29 bits per heavy atom. The van der Waals surface area contributed by atoms with E-state index in [2.05, 4.69) is 0 Å². The van der Waals surface area contributed by atoms with Crippen molar-refractivity contribution >= 4 is 5.97 Å². The molecule has 4 heteroatoms. The van der Waals surface area contributed by atoms with E-state index < -0.39 is 12.3 Å². The molecule has 0 aliphatic heterocycles. The van der Waals surface area contributed by atoms with E-state index in [1.54, 1.807) is 0 Å². The Morgan fingerprint density at radius 3 is 2.24 bits per heavy atom. The van der Waals surface area contributed by atoms with Crippen molar-refractivity contribution in [1.29, 1.82) is 0 Å². The van der Waals surface area contributed by atoms with Gasteiger partial charge in [-0.2, -0.15) is 0 Å². The molecule has 1 atom stereocenters. The minimum atomic E-state index is -0.735. The van der Waals surface area contributed by atoms with Gasteiger partial charge in [0, 0.05) is 6.42 Å². The third-order valence-electron chi connectivity index (χ3n) is 3.22. The summed E-state index contributed by atoms with van der Waals surface area (Å²) in [4.78, 5) is 10.8. The quantitative estimate of drug-likeness (QED) is 0.745. The summed E-state index contributed by atoms with van der Waals surface area (Å²) < 4.78 is 5.45. The molecule has 0 aromatic heterocycles. The second-order valence-electron chi connectivity index (χ2n) is 5.98. The number of carboxylic acid groups (broad SMARTS) is 1. The molecule has 4 nitrogen and oxygen atoms in total. The zero-order valence-electron chi connectivity index (χ0n) is 11.0. The van der Waals surface area contributed by atoms with Gasteiger partial charge in [-0.3, -0.25) is 4.79 Å². The molecular formula is C13H24O4. The van der Waals surface area contributed by atoms with Crippen molar-refractivity contribution in [1.82, 2.24) is 0 Å². The van der Waals surface area contributed by atoms with Crippen LogP contribution in [0.3, 0.4) is 0 Å². The van der Waals surface area contributed by atoms with Gasteiger partial charge >= 0.3 is 5.97 Å². The Morgan fingerprint density at radius 2 is 1.82 bits per heavy atom. The SMILES string of the molecule is CC(C)(C)OC(O)CC1CCC(C(=O)O)CC1. The van der Waals surface area contributed by atoms with Gasteiger partial charge in [0.15, 0.2) is 6.29 Å². The summed E-state index contributed by atoms with van der Waals surface area (Å²) in [5.74, 6) is -0.482. The second kappa shape index (κ2) is 5.83. The highest BCUT2D eigenvalue weighted by molar-refractivity contribution is 5.69. The van der Waals surface area contributed by atoms with E-state index in [1.165, 1.54) is 0 Å². The lowest BCUT2D eigenvalue weighted by molar-refractivity contribution is -0.175. The summed E-state index contributed by atoms with van der Waals surface area (Å²) in [6.07, 6.45) is 3.08. The topological polar surface area (TPSA) is 66.8 Å². The van der Waals surface area contributed by atoms with E-state index in [4.69, 9.17) is 9.84 Å². The van der Waals surface area contributed by atoms with E-state index in [1.807, 2.05) is 20.8 Å². The molecular weight excluding hydrogens is 220 g/mol. The molecule has 0 amide bonds. The first-order chi connectivity index (χ1) is 7.78. The molecule has 1 unspecified atom stereocenters. The van der Waals surface area contributed by atoms with Crippen molar-refractivity contribution in [3.63, 3.8) is 0 Å². The molecule has 0 aromatic rings. The van der Waals surface area contributed by atoms with Crippen LogP contribution in [0.2, 0.25) is 0 Å².